The van der Waals surface area contributed by atoms with Gasteiger partial charge < -0.3 is 14.2 Å². The molecule has 1 atom stereocenters. The summed E-state index contributed by atoms with van der Waals surface area (Å²) in [4.78, 5) is 2.66. The highest BCUT2D eigenvalue weighted by Gasteiger charge is 2.49. The first-order valence-corrected chi connectivity index (χ1v) is 9.40. The fourth-order valence-electron chi connectivity index (χ4n) is 4.75. The van der Waals surface area contributed by atoms with Crippen LogP contribution >= 0.6 is 0 Å². The van der Waals surface area contributed by atoms with Gasteiger partial charge >= 0.3 is 0 Å². The molecule has 1 aliphatic carbocycles. The Labute approximate surface area is 134 Å². The predicted molar refractivity (Wildman–Crippen MR) is 85.0 cm³/mol. The van der Waals surface area contributed by atoms with Crippen LogP contribution in [0.5, 0.6) is 0 Å². The Balaban J connectivity index is 1.22. The van der Waals surface area contributed by atoms with Gasteiger partial charge in [-0.15, -0.1) is 0 Å². The summed E-state index contributed by atoms with van der Waals surface area (Å²) >= 11 is 0. The minimum Gasteiger partial charge on any atom is -0.381 e. The molecule has 4 rings (SSSR count). The maximum absolute atomic E-state index is 6.26. The van der Waals surface area contributed by atoms with E-state index in [9.17, 15) is 0 Å². The van der Waals surface area contributed by atoms with E-state index >= 15 is 0 Å². The van der Waals surface area contributed by atoms with Crippen molar-refractivity contribution >= 4 is 0 Å². The highest BCUT2D eigenvalue weighted by atomic mass is 16.5. The summed E-state index contributed by atoms with van der Waals surface area (Å²) < 4.78 is 17.9. The van der Waals surface area contributed by atoms with Gasteiger partial charge in [0.1, 0.15) is 0 Å². The molecule has 0 unspecified atom stereocenters. The molecule has 3 saturated heterocycles. The van der Waals surface area contributed by atoms with E-state index in [-0.39, 0.29) is 5.60 Å². The summed E-state index contributed by atoms with van der Waals surface area (Å²) in [5.41, 5.74) is 0.126. The fourth-order valence-corrected chi connectivity index (χ4v) is 4.75. The standard InChI is InChI=1S/C18H31NO3/c1-2-4-16(3-1)19-13-18(14-19)11-17(7-10-22-18)21-12-15-5-8-20-9-6-15/h15-17H,1-14H2/t17-/m0/s1. The van der Waals surface area contributed by atoms with Crippen molar-refractivity contribution in [3.63, 3.8) is 0 Å². The fraction of sp³-hybridized carbons (Fsp3) is 1.00. The van der Waals surface area contributed by atoms with Crippen LogP contribution in [0.1, 0.15) is 51.4 Å². The summed E-state index contributed by atoms with van der Waals surface area (Å²) in [5, 5.41) is 0. The second-order valence-electron chi connectivity index (χ2n) is 7.88. The van der Waals surface area contributed by atoms with E-state index in [2.05, 4.69) is 4.90 Å². The van der Waals surface area contributed by atoms with Crippen molar-refractivity contribution in [1.82, 2.24) is 4.90 Å². The molecule has 4 nitrogen and oxygen atoms in total. The molecule has 4 heteroatoms. The van der Waals surface area contributed by atoms with Gasteiger partial charge in [0.25, 0.3) is 0 Å². The van der Waals surface area contributed by atoms with Crippen molar-refractivity contribution < 1.29 is 14.2 Å². The second kappa shape index (κ2) is 6.76. The smallest absolute Gasteiger partial charge is 0.0959 e. The van der Waals surface area contributed by atoms with Crippen LogP contribution < -0.4 is 0 Å². The number of rotatable bonds is 4. The lowest BCUT2D eigenvalue weighted by molar-refractivity contribution is -0.206. The molecule has 0 aromatic carbocycles. The van der Waals surface area contributed by atoms with Crippen molar-refractivity contribution in [2.75, 3.05) is 39.5 Å². The highest BCUT2D eigenvalue weighted by molar-refractivity contribution is 5.03. The third-order valence-corrected chi connectivity index (χ3v) is 6.18. The number of hydrogen-bond acceptors (Lipinski definition) is 4. The summed E-state index contributed by atoms with van der Waals surface area (Å²) in [6.07, 6.45) is 10.6. The van der Waals surface area contributed by atoms with E-state index in [1.807, 2.05) is 0 Å². The summed E-state index contributed by atoms with van der Waals surface area (Å²) in [6.45, 7) is 5.95. The van der Waals surface area contributed by atoms with Crippen LogP contribution in [-0.2, 0) is 14.2 Å². The van der Waals surface area contributed by atoms with Gasteiger partial charge in [-0.05, 0) is 38.0 Å². The van der Waals surface area contributed by atoms with E-state index in [1.165, 1.54) is 38.5 Å². The highest BCUT2D eigenvalue weighted by Crippen LogP contribution is 2.39. The quantitative estimate of drug-likeness (QED) is 0.799. The van der Waals surface area contributed by atoms with Crippen LogP contribution in [0.2, 0.25) is 0 Å². The molecule has 3 heterocycles. The molecule has 0 amide bonds. The third kappa shape index (κ3) is 3.35. The van der Waals surface area contributed by atoms with Crippen LogP contribution in [-0.4, -0.2) is 62.2 Å². The van der Waals surface area contributed by atoms with Gasteiger partial charge in [-0.2, -0.15) is 0 Å². The number of ether oxygens (including phenoxy) is 3. The SMILES string of the molecule is C1CCC(N2CC3(C[C@@H](OCC4CCOCC4)CCO3)C2)C1. The van der Waals surface area contributed by atoms with Crippen molar-refractivity contribution in [3.8, 4) is 0 Å². The van der Waals surface area contributed by atoms with Crippen molar-refractivity contribution in [2.24, 2.45) is 5.92 Å². The Morgan fingerprint density at radius 2 is 1.73 bits per heavy atom. The van der Waals surface area contributed by atoms with Crippen LogP contribution in [0.4, 0.5) is 0 Å². The van der Waals surface area contributed by atoms with Crippen molar-refractivity contribution in [1.29, 1.82) is 0 Å². The second-order valence-corrected chi connectivity index (χ2v) is 7.88. The number of likely N-dealkylation sites (tertiary alicyclic amines) is 1. The number of hydrogen-bond donors (Lipinski definition) is 0. The van der Waals surface area contributed by atoms with Gasteiger partial charge in [-0.3, -0.25) is 4.90 Å². The Hall–Kier alpha value is -0.160. The largest absolute Gasteiger partial charge is 0.381 e. The molecule has 3 aliphatic heterocycles. The Morgan fingerprint density at radius 3 is 2.50 bits per heavy atom. The molecule has 1 saturated carbocycles. The van der Waals surface area contributed by atoms with E-state index < -0.39 is 0 Å². The summed E-state index contributed by atoms with van der Waals surface area (Å²) in [6, 6.07) is 0.845. The molecule has 4 aliphatic rings. The van der Waals surface area contributed by atoms with Gasteiger partial charge in [0, 0.05) is 52.0 Å². The van der Waals surface area contributed by atoms with Crippen LogP contribution in [0.25, 0.3) is 0 Å². The van der Waals surface area contributed by atoms with E-state index in [4.69, 9.17) is 14.2 Å². The lowest BCUT2D eigenvalue weighted by Crippen LogP contribution is -2.67. The first kappa shape index (κ1) is 15.4. The van der Waals surface area contributed by atoms with E-state index in [0.717, 1.165) is 58.4 Å². The molecule has 22 heavy (non-hydrogen) atoms. The molecular weight excluding hydrogens is 278 g/mol. The summed E-state index contributed by atoms with van der Waals surface area (Å²) in [5.74, 6) is 0.712. The van der Waals surface area contributed by atoms with Gasteiger partial charge in [0.05, 0.1) is 11.7 Å². The molecule has 126 valence electrons. The lowest BCUT2D eigenvalue weighted by Gasteiger charge is -2.55. The Morgan fingerprint density at radius 1 is 0.955 bits per heavy atom. The van der Waals surface area contributed by atoms with Gasteiger partial charge in [-0.1, -0.05) is 12.8 Å². The monoisotopic (exact) mass is 309 g/mol. The van der Waals surface area contributed by atoms with Crippen LogP contribution in [0.3, 0.4) is 0 Å². The lowest BCUT2D eigenvalue weighted by atomic mass is 9.83. The van der Waals surface area contributed by atoms with Gasteiger partial charge in [-0.25, -0.2) is 0 Å². The van der Waals surface area contributed by atoms with E-state index in [0.29, 0.717) is 12.0 Å². The molecular formula is C18H31NO3. The van der Waals surface area contributed by atoms with Crippen LogP contribution in [0, 0.1) is 5.92 Å². The minimum absolute atomic E-state index is 0.126. The number of nitrogens with zero attached hydrogens (tertiary/aromatic N) is 1. The normalized spacial score (nSPS) is 34.1. The Kier molecular flexibility index (Phi) is 4.72. The average Bonchev–Trinajstić information content (AvgIpc) is 3.06. The molecule has 4 fully saturated rings. The minimum atomic E-state index is 0.126. The molecule has 0 aromatic rings. The first-order valence-electron chi connectivity index (χ1n) is 9.40. The van der Waals surface area contributed by atoms with E-state index in [1.54, 1.807) is 0 Å². The topological polar surface area (TPSA) is 30.9 Å². The Bertz CT molecular complexity index is 357. The maximum Gasteiger partial charge on any atom is 0.0959 e. The predicted octanol–water partition coefficient (Wildman–Crippen LogP) is 2.61. The molecule has 1 spiro atoms. The summed E-state index contributed by atoms with van der Waals surface area (Å²) in [7, 11) is 0. The molecule has 0 aromatic heterocycles. The van der Waals surface area contributed by atoms with Gasteiger partial charge in [0.15, 0.2) is 0 Å². The average molecular weight is 309 g/mol. The maximum atomic E-state index is 6.26. The zero-order chi connectivity index (χ0) is 14.8. The first-order chi connectivity index (χ1) is 10.8. The third-order valence-electron chi connectivity index (χ3n) is 6.18. The van der Waals surface area contributed by atoms with Crippen LogP contribution in [0.15, 0.2) is 0 Å². The van der Waals surface area contributed by atoms with Crippen molar-refractivity contribution in [2.45, 2.75) is 69.1 Å². The molecule has 0 radical (unpaired) electrons. The van der Waals surface area contributed by atoms with Crippen molar-refractivity contribution in [3.05, 3.63) is 0 Å². The molecule has 0 N–H and O–H groups in total. The molecule has 0 bridgehead atoms. The zero-order valence-electron chi connectivity index (χ0n) is 13.8. The van der Waals surface area contributed by atoms with Gasteiger partial charge in [0.2, 0.25) is 0 Å². The zero-order valence-corrected chi connectivity index (χ0v) is 13.8.